The summed E-state index contributed by atoms with van der Waals surface area (Å²) in [5.41, 5.74) is 3.30. The fourth-order valence-corrected chi connectivity index (χ4v) is 3.99. The summed E-state index contributed by atoms with van der Waals surface area (Å²) in [7, 11) is 0. The van der Waals surface area contributed by atoms with E-state index in [0.29, 0.717) is 13.2 Å². The highest BCUT2D eigenvalue weighted by Crippen LogP contribution is 2.35. The molecule has 2 nitrogen and oxygen atoms in total. The van der Waals surface area contributed by atoms with Crippen LogP contribution in [0.25, 0.3) is 0 Å². The standard InChI is InChI=1S/C20H16Br2ClNO/c21-18-10-15(12-24-17-8-6-16(23)7-9-17)11-19(22)20(18)25-13-14-4-2-1-3-5-14/h1-11,24H,12-13H2. The van der Waals surface area contributed by atoms with E-state index in [0.717, 1.165) is 36.5 Å². The van der Waals surface area contributed by atoms with Gasteiger partial charge in [-0.25, -0.2) is 0 Å². The highest BCUT2D eigenvalue weighted by molar-refractivity contribution is 9.11. The zero-order valence-electron chi connectivity index (χ0n) is 13.3. The van der Waals surface area contributed by atoms with Gasteiger partial charge in [0.05, 0.1) is 8.95 Å². The molecular weight excluding hydrogens is 465 g/mol. The highest BCUT2D eigenvalue weighted by Gasteiger charge is 2.09. The lowest BCUT2D eigenvalue weighted by Crippen LogP contribution is -2.01. The molecule has 0 fully saturated rings. The van der Waals surface area contributed by atoms with Crippen molar-refractivity contribution in [3.05, 3.63) is 91.8 Å². The van der Waals surface area contributed by atoms with Crippen molar-refractivity contribution < 1.29 is 4.74 Å². The first kappa shape index (κ1) is 18.3. The summed E-state index contributed by atoms with van der Waals surface area (Å²) < 4.78 is 7.80. The Morgan fingerprint density at radius 2 is 1.48 bits per heavy atom. The van der Waals surface area contributed by atoms with E-state index in [-0.39, 0.29) is 0 Å². The van der Waals surface area contributed by atoms with Gasteiger partial charge in [0, 0.05) is 17.3 Å². The fraction of sp³-hybridized carbons (Fsp3) is 0.100. The van der Waals surface area contributed by atoms with E-state index in [9.17, 15) is 0 Å². The summed E-state index contributed by atoms with van der Waals surface area (Å²) in [5.74, 6) is 0.805. The first-order chi connectivity index (χ1) is 12.1. The summed E-state index contributed by atoms with van der Waals surface area (Å²) in [6.45, 7) is 1.23. The molecule has 3 aromatic carbocycles. The van der Waals surface area contributed by atoms with E-state index in [1.54, 1.807) is 0 Å². The molecule has 1 N–H and O–H groups in total. The van der Waals surface area contributed by atoms with Crippen molar-refractivity contribution in [3.63, 3.8) is 0 Å². The van der Waals surface area contributed by atoms with E-state index in [1.807, 2.05) is 54.6 Å². The summed E-state index contributed by atoms with van der Waals surface area (Å²) >= 11 is 13.1. The maximum absolute atomic E-state index is 5.96. The minimum Gasteiger partial charge on any atom is -0.487 e. The zero-order chi connectivity index (χ0) is 17.6. The number of ether oxygens (including phenoxy) is 1. The number of anilines is 1. The smallest absolute Gasteiger partial charge is 0.148 e. The second kappa shape index (κ2) is 8.75. The van der Waals surface area contributed by atoms with Gasteiger partial charge < -0.3 is 10.1 Å². The Morgan fingerprint density at radius 1 is 0.840 bits per heavy atom. The van der Waals surface area contributed by atoms with E-state index >= 15 is 0 Å². The minimum absolute atomic E-state index is 0.528. The summed E-state index contributed by atoms with van der Waals surface area (Å²) in [4.78, 5) is 0. The van der Waals surface area contributed by atoms with Crippen LogP contribution in [0, 0.1) is 0 Å². The molecule has 0 aliphatic rings. The van der Waals surface area contributed by atoms with Gasteiger partial charge >= 0.3 is 0 Å². The number of benzene rings is 3. The Balaban J connectivity index is 1.66. The number of halogens is 3. The topological polar surface area (TPSA) is 21.3 Å². The molecule has 0 amide bonds. The predicted molar refractivity (Wildman–Crippen MR) is 111 cm³/mol. The SMILES string of the molecule is Clc1ccc(NCc2cc(Br)c(OCc3ccccc3)c(Br)c2)cc1. The van der Waals surface area contributed by atoms with Crippen molar-refractivity contribution in [1.29, 1.82) is 0 Å². The van der Waals surface area contributed by atoms with Crippen LogP contribution in [-0.2, 0) is 13.2 Å². The second-order valence-corrected chi connectivity index (χ2v) is 7.67. The molecule has 3 rings (SSSR count). The van der Waals surface area contributed by atoms with Crippen LogP contribution in [0.5, 0.6) is 5.75 Å². The van der Waals surface area contributed by atoms with Gasteiger partial charge in [-0.3, -0.25) is 0 Å². The molecule has 0 saturated carbocycles. The average molecular weight is 482 g/mol. The Morgan fingerprint density at radius 3 is 2.12 bits per heavy atom. The largest absolute Gasteiger partial charge is 0.487 e. The van der Waals surface area contributed by atoms with Gasteiger partial charge in [-0.15, -0.1) is 0 Å². The van der Waals surface area contributed by atoms with Crippen LogP contribution in [0.15, 0.2) is 75.7 Å². The fourth-order valence-electron chi connectivity index (χ4n) is 2.35. The first-order valence-corrected chi connectivity index (χ1v) is 9.72. The Kier molecular flexibility index (Phi) is 6.40. The van der Waals surface area contributed by atoms with Crippen LogP contribution in [-0.4, -0.2) is 0 Å². The molecule has 0 aromatic heterocycles. The van der Waals surface area contributed by atoms with Crippen molar-refractivity contribution in [3.8, 4) is 5.75 Å². The average Bonchev–Trinajstić information content (AvgIpc) is 2.61. The number of hydrogen-bond donors (Lipinski definition) is 1. The molecule has 5 heteroatoms. The van der Waals surface area contributed by atoms with Crippen molar-refractivity contribution in [2.45, 2.75) is 13.2 Å². The number of rotatable bonds is 6. The molecule has 0 unspecified atom stereocenters. The predicted octanol–water partition coefficient (Wildman–Crippen LogP) is 7.06. The Labute approximate surface area is 169 Å². The lowest BCUT2D eigenvalue weighted by atomic mass is 10.2. The van der Waals surface area contributed by atoms with Gasteiger partial charge in [0.25, 0.3) is 0 Å². The first-order valence-electron chi connectivity index (χ1n) is 7.76. The summed E-state index contributed by atoms with van der Waals surface area (Å²) in [6.07, 6.45) is 0. The summed E-state index contributed by atoms with van der Waals surface area (Å²) in [6, 6.07) is 21.9. The molecule has 0 heterocycles. The highest BCUT2D eigenvalue weighted by atomic mass is 79.9. The third-order valence-corrected chi connectivity index (χ3v) is 5.05. The number of nitrogens with one attached hydrogen (secondary N) is 1. The molecule has 0 atom stereocenters. The van der Waals surface area contributed by atoms with Gasteiger partial charge in [-0.1, -0.05) is 41.9 Å². The van der Waals surface area contributed by atoms with Gasteiger partial charge in [0.2, 0.25) is 0 Å². The molecule has 0 aliphatic heterocycles. The van der Waals surface area contributed by atoms with Crippen LogP contribution < -0.4 is 10.1 Å². The van der Waals surface area contributed by atoms with E-state index in [4.69, 9.17) is 16.3 Å². The van der Waals surface area contributed by atoms with E-state index in [2.05, 4.69) is 49.3 Å². The zero-order valence-corrected chi connectivity index (χ0v) is 17.2. The maximum Gasteiger partial charge on any atom is 0.148 e. The second-order valence-electron chi connectivity index (χ2n) is 5.52. The Bertz CT molecular complexity index is 815. The third kappa shape index (κ3) is 5.24. The molecule has 0 radical (unpaired) electrons. The molecular formula is C20H16Br2ClNO. The van der Waals surface area contributed by atoms with E-state index < -0.39 is 0 Å². The Hall–Kier alpha value is -1.49. The van der Waals surface area contributed by atoms with Crippen molar-refractivity contribution in [2.75, 3.05) is 5.32 Å². The van der Waals surface area contributed by atoms with Crippen molar-refractivity contribution in [1.82, 2.24) is 0 Å². The lowest BCUT2D eigenvalue weighted by molar-refractivity contribution is 0.302. The van der Waals surface area contributed by atoms with Gasteiger partial charge in [0.15, 0.2) is 0 Å². The van der Waals surface area contributed by atoms with Crippen LogP contribution in [0.1, 0.15) is 11.1 Å². The maximum atomic E-state index is 5.96. The molecule has 128 valence electrons. The monoisotopic (exact) mass is 479 g/mol. The number of hydrogen-bond acceptors (Lipinski definition) is 2. The van der Waals surface area contributed by atoms with Crippen LogP contribution in [0.4, 0.5) is 5.69 Å². The van der Waals surface area contributed by atoms with Crippen LogP contribution in [0.3, 0.4) is 0 Å². The van der Waals surface area contributed by atoms with Crippen molar-refractivity contribution in [2.24, 2.45) is 0 Å². The quantitative estimate of drug-likeness (QED) is 0.407. The van der Waals surface area contributed by atoms with Gasteiger partial charge in [-0.2, -0.15) is 0 Å². The van der Waals surface area contributed by atoms with Crippen LogP contribution >= 0.6 is 43.5 Å². The molecule has 0 bridgehead atoms. The van der Waals surface area contributed by atoms with Gasteiger partial charge in [0.1, 0.15) is 12.4 Å². The summed E-state index contributed by atoms with van der Waals surface area (Å²) in [5, 5.41) is 4.11. The third-order valence-electron chi connectivity index (χ3n) is 3.62. The van der Waals surface area contributed by atoms with E-state index in [1.165, 1.54) is 0 Å². The molecule has 3 aromatic rings. The molecule has 0 spiro atoms. The molecule has 0 saturated heterocycles. The van der Waals surface area contributed by atoms with Crippen LogP contribution in [0.2, 0.25) is 5.02 Å². The molecule has 0 aliphatic carbocycles. The normalized spacial score (nSPS) is 10.5. The molecule has 25 heavy (non-hydrogen) atoms. The minimum atomic E-state index is 0.528. The lowest BCUT2D eigenvalue weighted by Gasteiger charge is -2.13. The van der Waals surface area contributed by atoms with Crippen molar-refractivity contribution >= 4 is 49.1 Å². The van der Waals surface area contributed by atoms with Gasteiger partial charge in [-0.05, 0) is 79.4 Å².